The molecule has 0 radical (unpaired) electrons. The standard InChI is InChI=1S/C9H13N3O2S2/c13-7(11-3-1-10-2-4-11)5-12-8(14)6-16-9(12)15/h10H,1-6H2. The van der Waals surface area contributed by atoms with Crippen LogP contribution < -0.4 is 5.32 Å². The monoisotopic (exact) mass is 259 g/mol. The van der Waals surface area contributed by atoms with E-state index in [1.165, 1.54) is 16.7 Å². The maximum atomic E-state index is 11.9. The van der Waals surface area contributed by atoms with Gasteiger partial charge in [0.25, 0.3) is 0 Å². The Kier molecular flexibility index (Phi) is 3.78. The number of nitrogens with zero attached hydrogens (tertiary/aromatic N) is 2. The molecule has 2 saturated heterocycles. The zero-order valence-corrected chi connectivity index (χ0v) is 10.4. The van der Waals surface area contributed by atoms with Gasteiger partial charge in [-0.1, -0.05) is 24.0 Å². The van der Waals surface area contributed by atoms with Crippen LogP contribution in [0, 0.1) is 0 Å². The minimum Gasteiger partial charge on any atom is -0.339 e. The fraction of sp³-hybridized carbons (Fsp3) is 0.667. The van der Waals surface area contributed by atoms with E-state index in [1.54, 1.807) is 4.90 Å². The molecule has 0 aromatic heterocycles. The summed E-state index contributed by atoms with van der Waals surface area (Å²) in [5, 5.41) is 3.18. The zero-order valence-electron chi connectivity index (χ0n) is 8.77. The molecule has 5 nitrogen and oxygen atoms in total. The lowest BCUT2D eigenvalue weighted by Gasteiger charge is -2.28. The van der Waals surface area contributed by atoms with Crippen molar-refractivity contribution in [3.63, 3.8) is 0 Å². The number of thiocarbonyl (C=S) groups is 1. The molecule has 0 atom stereocenters. The molecule has 0 saturated carbocycles. The summed E-state index contributed by atoms with van der Waals surface area (Å²) in [6.45, 7) is 3.16. The first kappa shape index (κ1) is 11.8. The van der Waals surface area contributed by atoms with E-state index in [1.807, 2.05) is 0 Å². The average Bonchev–Trinajstić information content (AvgIpc) is 2.62. The molecule has 0 aromatic rings. The van der Waals surface area contributed by atoms with Crippen LogP contribution in [0.3, 0.4) is 0 Å². The number of amides is 2. The van der Waals surface area contributed by atoms with Crippen LogP contribution in [0.15, 0.2) is 0 Å². The molecule has 2 fully saturated rings. The number of piperazine rings is 1. The van der Waals surface area contributed by atoms with Crippen molar-refractivity contribution >= 4 is 40.1 Å². The second kappa shape index (κ2) is 5.11. The van der Waals surface area contributed by atoms with Crippen molar-refractivity contribution in [3.8, 4) is 0 Å². The Balaban J connectivity index is 1.90. The Morgan fingerprint density at radius 1 is 1.44 bits per heavy atom. The van der Waals surface area contributed by atoms with Gasteiger partial charge in [-0.25, -0.2) is 0 Å². The minimum atomic E-state index is -0.0570. The molecule has 88 valence electrons. The first-order valence-corrected chi connectivity index (χ1v) is 6.53. The molecule has 2 rings (SSSR count). The topological polar surface area (TPSA) is 52.7 Å². The van der Waals surface area contributed by atoms with Crippen molar-refractivity contribution < 1.29 is 9.59 Å². The minimum absolute atomic E-state index is 0.0142. The van der Waals surface area contributed by atoms with Gasteiger partial charge in [0.05, 0.1) is 5.75 Å². The molecule has 0 aromatic carbocycles. The van der Waals surface area contributed by atoms with Crippen LogP contribution in [0.2, 0.25) is 0 Å². The number of carbonyl (C=O) groups excluding carboxylic acids is 2. The molecule has 2 aliphatic rings. The van der Waals surface area contributed by atoms with Gasteiger partial charge in [0.15, 0.2) is 0 Å². The lowest BCUT2D eigenvalue weighted by atomic mass is 10.3. The van der Waals surface area contributed by atoms with Gasteiger partial charge in [0.1, 0.15) is 10.9 Å². The average molecular weight is 259 g/mol. The number of nitrogens with one attached hydrogen (secondary N) is 1. The van der Waals surface area contributed by atoms with Gasteiger partial charge >= 0.3 is 0 Å². The number of rotatable bonds is 2. The van der Waals surface area contributed by atoms with Crippen molar-refractivity contribution in [2.24, 2.45) is 0 Å². The van der Waals surface area contributed by atoms with Crippen LogP contribution in [0.25, 0.3) is 0 Å². The van der Waals surface area contributed by atoms with Crippen molar-refractivity contribution in [3.05, 3.63) is 0 Å². The highest BCUT2D eigenvalue weighted by Gasteiger charge is 2.30. The number of carbonyl (C=O) groups is 2. The number of thioether (sulfide) groups is 1. The van der Waals surface area contributed by atoms with Crippen molar-refractivity contribution in [1.29, 1.82) is 0 Å². The second-order valence-electron chi connectivity index (χ2n) is 3.67. The summed E-state index contributed by atoms with van der Waals surface area (Å²) in [5.41, 5.74) is 0. The molecule has 0 unspecified atom stereocenters. The van der Waals surface area contributed by atoms with Crippen molar-refractivity contribution in [1.82, 2.24) is 15.1 Å². The Labute approximate surface area is 104 Å². The summed E-state index contributed by atoms with van der Waals surface area (Å²) < 4.78 is 0.522. The lowest BCUT2D eigenvalue weighted by molar-refractivity contribution is -0.136. The van der Waals surface area contributed by atoms with Crippen molar-refractivity contribution in [2.45, 2.75) is 0 Å². The van der Waals surface area contributed by atoms with Crippen LogP contribution in [-0.2, 0) is 9.59 Å². The zero-order chi connectivity index (χ0) is 11.5. The highest BCUT2D eigenvalue weighted by molar-refractivity contribution is 8.23. The summed E-state index contributed by atoms with van der Waals surface area (Å²) in [4.78, 5) is 26.5. The van der Waals surface area contributed by atoms with E-state index in [4.69, 9.17) is 12.2 Å². The second-order valence-corrected chi connectivity index (χ2v) is 5.27. The molecule has 0 aliphatic carbocycles. The molecule has 0 bridgehead atoms. The summed E-state index contributed by atoms with van der Waals surface area (Å²) in [6.07, 6.45) is 0. The molecule has 16 heavy (non-hydrogen) atoms. The normalized spacial score (nSPS) is 21.8. The van der Waals surface area contributed by atoms with E-state index in [9.17, 15) is 9.59 Å². The Bertz CT molecular complexity index is 313. The lowest BCUT2D eigenvalue weighted by Crippen LogP contribution is -2.50. The fourth-order valence-electron chi connectivity index (χ4n) is 1.68. The quantitative estimate of drug-likeness (QED) is 0.663. The maximum absolute atomic E-state index is 11.9. The predicted octanol–water partition coefficient (Wildman–Crippen LogP) is -0.721. The molecule has 0 spiro atoms. The number of hydrogen-bond acceptors (Lipinski definition) is 5. The van der Waals surface area contributed by atoms with Crippen LogP contribution in [-0.4, -0.2) is 64.4 Å². The summed E-state index contributed by atoms with van der Waals surface area (Å²) in [5.74, 6) is 0.298. The Morgan fingerprint density at radius 2 is 2.12 bits per heavy atom. The predicted molar refractivity (Wildman–Crippen MR) is 66.2 cm³/mol. The van der Waals surface area contributed by atoms with Gasteiger partial charge in [-0.15, -0.1) is 0 Å². The van der Waals surface area contributed by atoms with E-state index in [0.717, 1.165) is 13.1 Å². The molecule has 1 N–H and O–H groups in total. The molecular formula is C9H13N3O2S2. The van der Waals surface area contributed by atoms with Gasteiger partial charge in [-0.2, -0.15) is 0 Å². The van der Waals surface area contributed by atoms with E-state index in [-0.39, 0.29) is 18.4 Å². The van der Waals surface area contributed by atoms with Gasteiger partial charge in [-0.05, 0) is 0 Å². The molecular weight excluding hydrogens is 246 g/mol. The molecule has 7 heteroatoms. The van der Waals surface area contributed by atoms with Gasteiger partial charge in [-0.3, -0.25) is 14.5 Å². The maximum Gasteiger partial charge on any atom is 0.242 e. The van der Waals surface area contributed by atoms with E-state index in [2.05, 4.69) is 5.32 Å². The van der Waals surface area contributed by atoms with Crippen LogP contribution in [0.1, 0.15) is 0 Å². The largest absolute Gasteiger partial charge is 0.339 e. The molecule has 2 amide bonds. The van der Waals surface area contributed by atoms with Gasteiger partial charge in [0.2, 0.25) is 11.8 Å². The van der Waals surface area contributed by atoms with Crippen LogP contribution in [0.4, 0.5) is 0 Å². The number of hydrogen-bond donors (Lipinski definition) is 1. The highest BCUT2D eigenvalue weighted by atomic mass is 32.2. The van der Waals surface area contributed by atoms with Gasteiger partial charge < -0.3 is 10.2 Å². The van der Waals surface area contributed by atoms with Crippen molar-refractivity contribution in [2.75, 3.05) is 38.5 Å². The van der Waals surface area contributed by atoms with Crippen LogP contribution in [0.5, 0.6) is 0 Å². The third-order valence-electron chi connectivity index (χ3n) is 2.60. The summed E-state index contributed by atoms with van der Waals surface area (Å²) in [7, 11) is 0. The van der Waals surface area contributed by atoms with Gasteiger partial charge in [0, 0.05) is 26.2 Å². The highest BCUT2D eigenvalue weighted by Crippen LogP contribution is 2.19. The Hall–Kier alpha value is -0.660. The van der Waals surface area contributed by atoms with Crippen LogP contribution >= 0.6 is 24.0 Å². The molecule has 2 heterocycles. The smallest absolute Gasteiger partial charge is 0.242 e. The molecule has 2 aliphatic heterocycles. The first-order valence-electron chi connectivity index (χ1n) is 5.14. The third-order valence-corrected chi connectivity index (χ3v) is 4.04. The van der Waals surface area contributed by atoms with E-state index in [0.29, 0.717) is 23.2 Å². The van der Waals surface area contributed by atoms with E-state index >= 15 is 0 Å². The Morgan fingerprint density at radius 3 is 2.69 bits per heavy atom. The first-order chi connectivity index (χ1) is 7.68. The third kappa shape index (κ3) is 2.53. The fourth-order valence-corrected chi connectivity index (χ4v) is 2.75. The summed E-state index contributed by atoms with van der Waals surface area (Å²) in [6, 6.07) is 0. The summed E-state index contributed by atoms with van der Waals surface area (Å²) >= 11 is 6.35. The SMILES string of the molecule is O=C(CN1C(=O)CSC1=S)N1CCNCC1. The van der Waals surface area contributed by atoms with E-state index < -0.39 is 0 Å².